The highest BCUT2D eigenvalue weighted by molar-refractivity contribution is 6.35. The van der Waals surface area contributed by atoms with E-state index in [1.807, 2.05) is 20.8 Å². The molecule has 1 atom stereocenters. The zero-order valence-corrected chi connectivity index (χ0v) is 11.6. The molecule has 0 radical (unpaired) electrons. The molecule has 0 aromatic carbocycles. The highest BCUT2D eigenvalue weighted by atomic mass is 16.5. The number of hydrogen-bond acceptors (Lipinski definition) is 4. The molecule has 18 heavy (non-hydrogen) atoms. The summed E-state index contributed by atoms with van der Waals surface area (Å²) < 4.78 is 4.74. The number of carbonyl (C=O) groups excluding carboxylic acids is 2. The molecular weight excluding hydrogens is 236 g/mol. The van der Waals surface area contributed by atoms with Gasteiger partial charge in [-0.05, 0) is 11.8 Å². The summed E-state index contributed by atoms with van der Waals surface area (Å²) in [5.41, 5.74) is -0.231. The Labute approximate surface area is 108 Å². The van der Waals surface area contributed by atoms with Crippen LogP contribution in [0, 0.1) is 5.41 Å². The SMILES string of the molecule is COCCNC(=O)C(=O)NCC[C@H](O)C(C)(C)C. The molecule has 6 heteroatoms. The normalized spacial score (nSPS) is 12.9. The van der Waals surface area contributed by atoms with Gasteiger partial charge in [0.15, 0.2) is 0 Å². The van der Waals surface area contributed by atoms with Crippen molar-refractivity contribution in [1.82, 2.24) is 10.6 Å². The fourth-order valence-electron chi connectivity index (χ4n) is 1.18. The molecule has 106 valence electrons. The Morgan fingerprint density at radius 3 is 2.11 bits per heavy atom. The molecule has 0 aromatic heterocycles. The van der Waals surface area contributed by atoms with Gasteiger partial charge in [-0.15, -0.1) is 0 Å². The number of ether oxygens (including phenoxy) is 1. The second kappa shape index (κ2) is 8.05. The van der Waals surface area contributed by atoms with Gasteiger partial charge in [-0.25, -0.2) is 0 Å². The van der Waals surface area contributed by atoms with Gasteiger partial charge < -0.3 is 20.5 Å². The number of rotatable bonds is 6. The predicted molar refractivity (Wildman–Crippen MR) is 68.0 cm³/mol. The minimum Gasteiger partial charge on any atom is -0.393 e. The lowest BCUT2D eigenvalue weighted by atomic mass is 9.87. The molecule has 0 fully saturated rings. The van der Waals surface area contributed by atoms with Crippen LogP contribution in [0.2, 0.25) is 0 Å². The van der Waals surface area contributed by atoms with Gasteiger partial charge >= 0.3 is 11.8 Å². The predicted octanol–water partition coefficient (Wildman–Crippen LogP) is -0.338. The average molecular weight is 260 g/mol. The first-order chi connectivity index (χ1) is 8.29. The Bertz CT molecular complexity index is 274. The van der Waals surface area contributed by atoms with E-state index in [1.165, 1.54) is 7.11 Å². The summed E-state index contributed by atoms with van der Waals surface area (Å²) in [6.07, 6.45) is -0.102. The topological polar surface area (TPSA) is 87.7 Å². The van der Waals surface area contributed by atoms with Crippen LogP contribution in [0.3, 0.4) is 0 Å². The first-order valence-electron chi connectivity index (χ1n) is 6.02. The lowest BCUT2D eigenvalue weighted by Gasteiger charge is -2.25. The van der Waals surface area contributed by atoms with Gasteiger partial charge in [0, 0.05) is 20.2 Å². The van der Waals surface area contributed by atoms with E-state index in [2.05, 4.69) is 10.6 Å². The second-order valence-corrected chi connectivity index (χ2v) is 5.18. The van der Waals surface area contributed by atoms with E-state index in [4.69, 9.17) is 4.74 Å². The molecule has 0 saturated carbocycles. The fourth-order valence-corrected chi connectivity index (χ4v) is 1.18. The minimum absolute atomic E-state index is 0.231. The third kappa shape index (κ3) is 7.24. The quantitative estimate of drug-likeness (QED) is 0.450. The monoisotopic (exact) mass is 260 g/mol. The zero-order valence-electron chi connectivity index (χ0n) is 11.6. The van der Waals surface area contributed by atoms with E-state index < -0.39 is 17.9 Å². The Morgan fingerprint density at radius 1 is 1.17 bits per heavy atom. The Kier molecular flexibility index (Phi) is 7.54. The Morgan fingerprint density at radius 2 is 1.67 bits per heavy atom. The van der Waals surface area contributed by atoms with E-state index in [0.717, 1.165) is 0 Å². The van der Waals surface area contributed by atoms with Gasteiger partial charge in [0.25, 0.3) is 0 Å². The molecule has 0 aliphatic rings. The third-order valence-electron chi connectivity index (χ3n) is 2.50. The molecule has 0 spiro atoms. The zero-order chi connectivity index (χ0) is 14.2. The highest BCUT2D eigenvalue weighted by Crippen LogP contribution is 2.20. The molecule has 0 heterocycles. The Balaban J connectivity index is 3.80. The number of hydrogen-bond donors (Lipinski definition) is 3. The largest absolute Gasteiger partial charge is 0.393 e. The van der Waals surface area contributed by atoms with Crippen molar-refractivity contribution in [3.05, 3.63) is 0 Å². The van der Waals surface area contributed by atoms with Crippen molar-refractivity contribution < 1.29 is 19.4 Å². The number of amides is 2. The third-order valence-corrected chi connectivity index (χ3v) is 2.50. The maximum atomic E-state index is 11.3. The van der Waals surface area contributed by atoms with Crippen molar-refractivity contribution in [1.29, 1.82) is 0 Å². The van der Waals surface area contributed by atoms with Crippen LogP contribution in [0.4, 0.5) is 0 Å². The Hall–Kier alpha value is -1.14. The molecule has 2 amide bonds. The summed E-state index contributed by atoms with van der Waals surface area (Å²) in [6.45, 7) is 6.68. The standard InChI is InChI=1S/C12H24N2O4/c1-12(2,3)9(15)5-6-13-10(16)11(17)14-7-8-18-4/h9,15H,5-8H2,1-4H3,(H,13,16)(H,14,17)/t9-/m0/s1. The molecule has 0 aromatic rings. The van der Waals surface area contributed by atoms with Gasteiger partial charge in [-0.1, -0.05) is 20.8 Å². The van der Waals surface area contributed by atoms with Crippen molar-refractivity contribution >= 4 is 11.8 Å². The molecule has 0 bridgehead atoms. The van der Waals surface area contributed by atoms with Crippen LogP contribution in [-0.4, -0.2) is 49.8 Å². The fraction of sp³-hybridized carbons (Fsp3) is 0.833. The lowest BCUT2D eigenvalue weighted by molar-refractivity contribution is -0.139. The van der Waals surface area contributed by atoms with Crippen LogP contribution in [0.1, 0.15) is 27.2 Å². The van der Waals surface area contributed by atoms with Crippen LogP contribution in [-0.2, 0) is 14.3 Å². The number of nitrogens with one attached hydrogen (secondary N) is 2. The van der Waals surface area contributed by atoms with E-state index in [9.17, 15) is 14.7 Å². The molecule has 0 saturated heterocycles. The van der Waals surface area contributed by atoms with Crippen LogP contribution in [0.15, 0.2) is 0 Å². The maximum absolute atomic E-state index is 11.3. The molecule has 0 aliphatic heterocycles. The summed E-state index contributed by atoms with van der Waals surface area (Å²) in [5, 5.41) is 14.6. The first-order valence-corrected chi connectivity index (χ1v) is 6.02. The van der Waals surface area contributed by atoms with Gasteiger partial charge in [-0.2, -0.15) is 0 Å². The molecule has 0 rings (SSSR count). The summed E-state index contributed by atoms with van der Waals surface area (Å²) in [4.78, 5) is 22.6. The van der Waals surface area contributed by atoms with E-state index in [1.54, 1.807) is 0 Å². The van der Waals surface area contributed by atoms with Gasteiger partial charge in [0.2, 0.25) is 0 Å². The van der Waals surface area contributed by atoms with Crippen LogP contribution < -0.4 is 10.6 Å². The van der Waals surface area contributed by atoms with Crippen molar-refractivity contribution in [2.75, 3.05) is 26.8 Å². The highest BCUT2D eigenvalue weighted by Gasteiger charge is 2.22. The maximum Gasteiger partial charge on any atom is 0.309 e. The van der Waals surface area contributed by atoms with Crippen LogP contribution in [0.25, 0.3) is 0 Å². The molecule has 3 N–H and O–H groups in total. The van der Waals surface area contributed by atoms with Gasteiger partial charge in [0.05, 0.1) is 12.7 Å². The van der Waals surface area contributed by atoms with Crippen LogP contribution >= 0.6 is 0 Å². The molecular formula is C12H24N2O4. The smallest absolute Gasteiger partial charge is 0.309 e. The minimum atomic E-state index is -0.688. The lowest BCUT2D eigenvalue weighted by Crippen LogP contribution is -2.42. The number of methoxy groups -OCH3 is 1. The second-order valence-electron chi connectivity index (χ2n) is 5.18. The van der Waals surface area contributed by atoms with Gasteiger partial charge in [0.1, 0.15) is 0 Å². The molecule has 6 nitrogen and oxygen atoms in total. The van der Waals surface area contributed by atoms with Crippen molar-refractivity contribution in [3.63, 3.8) is 0 Å². The molecule has 0 aliphatic carbocycles. The summed E-state index contributed by atoms with van der Waals surface area (Å²) in [7, 11) is 1.51. The summed E-state index contributed by atoms with van der Waals surface area (Å²) >= 11 is 0. The van der Waals surface area contributed by atoms with Crippen LogP contribution in [0.5, 0.6) is 0 Å². The van der Waals surface area contributed by atoms with Crippen molar-refractivity contribution in [2.45, 2.75) is 33.3 Å². The summed E-state index contributed by atoms with van der Waals surface area (Å²) in [6, 6.07) is 0. The first kappa shape index (κ1) is 16.9. The number of carbonyl (C=O) groups is 2. The van der Waals surface area contributed by atoms with E-state index in [-0.39, 0.29) is 12.0 Å². The van der Waals surface area contributed by atoms with Crippen molar-refractivity contribution in [2.24, 2.45) is 5.41 Å². The summed E-state index contributed by atoms with van der Waals surface area (Å²) in [5.74, 6) is -1.37. The average Bonchev–Trinajstić information content (AvgIpc) is 2.27. The number of aliphatic hydroxyl groups is 1. The van der Waals surface area contributed by atoms with Crippen molar-refractivity contribution in [3.8, 4) is 0 Å². The van der Waals surface area contributed by atoms with E-state index >= 15 is 0 Å². The van der Waals surface area contributed by atoms with Gasteiger partial charge in [-0.3, -0.25) is 9.59 Å². The molecule has 0 unspecified atom stereocenters. The van der Waals surface area contributed by atoms with E-state index in [0.29, 0.717) is 19.6 Å². The number of aliphatic hydroxyl groups excluding tert-OH is 1.